The SMILES string of the molecule is Cc1ccccc1CNC(=O)Cn1ccc(C(F)(F)F)n1. The number of amides is 1. The first kappa shape index (κ1) is 15.1. The van der Waals surface area contributed by atoms with Gasteiger partial charge in [0.2, 0.25) is 5.91 Å². The molecule has 0 radical (unpaired) electrons. The number of halogens is 3. The zero-order chi connectivity index (χ0) is 15.5. The molecule has 2 aromatic rings. The monoisotopic (exact) mass is 297 g/mol. The molecule has 1 N–H and O–H groups in total. The van der Waals surface area contributed by atoms with Crippen molar-refractivity contribution in [1.29, 1.82) is 0 Å². The van der Waals surface area contributed by atoms with Gasteiger partial charge in [0.05, 0.1) is 0 Å². The number of rotatable bonds is 4. The minimum atomic E-state index is -4.50. The van der Waals surface area contributed by atoms with Crippen LogP contribution in [0, 0.1) is 6.92 Å². The lowest BCUT2D eigenvalue weighted by atomic mass is 10.1. The maximum Gasteiger partial charge on any atom is 0.435 e. The van der Waals surface area contributed by atoms with Crippen molar-refractivity contribution in [2.75, 3.05) is 0 Å². The average Bonchev–Trinajstić information content (AvgIpc) is 2.86. The Morgan fingerprint density at radius 3 is 2.62 bits per heavy atom. The van der Waals surface area contributed by atoms with Crippen LogP contribution in [0.3, 0.4) is 0 Å². The fourth-order valence-electron chi connectivity index (χ4n) is 1.81. The number of hydrogen-bond acceptors (Lipinski definition) is 2. The van der Waals surface area contributed by atoms with Crippen LogP contribution in [-0.4, -0.2) is 15.7 Å². The van der Waals surface area contributed by atoms with Crippen LogP contribution in [0.1, 0.15) is 16.8 Å². The molecule has 0 aliphatic heterocycles. The number of nitrogens with zero attached hydrogens (tertiary/aromatic N) is 2. The average molecular weight is 297 g/mol. The summed E-state index contributed by atoms with van der Waals surface area (Å²) in [5.41, 5.74) is 0.993. The number of hydrogen-bond donors (Lipinski definition) is 1. The van der Waals surface area contributed by atoms with Crippen molar-refractivity contribution in [3.8, 4) is 0 Å². The second-order valence-electron chi connectivity index (χ2n) is 4.60. The van der Waals surface area contributed by atoms with E-state index in [1.807, 2.05) is 31.2 Å². The van der Waals surface area contributed by atoms with E-state index in [2.05, 4.69) is 10.4 Å². The number of aromatic nitrogens is 2. The van der Waals surface area contributed by atoms with Crippen LogP contribution in [0.25, 0.3) is 0 Å². The number of carbonyl (C=O) groups excluding carboxylic acids is 1. The highest BCUT2D eigenvalue weighted by Crippen LogP contribution is 2.27. The standard InChI is InChI=1S/C14H14F3N3O/c1-10-4-2-3-5-11(10)8-18-13(21)9-20-7-6-12(19-20)14(15,16)17/h2-7H,8-9H2,1H3,(H,18,21). The van der Waals surface area contributed by atoms with Crippen molar-refractivity contribution in [1.82, 2.24) is 15.1 Å². The van der Waals surface area contributed by atoms with Crippen LogP contribution in [0.5, 0.6) is 0 Å². The molecule has 2 rings (SSSR count). The second-order valence-corrected chi connectivity index (χ2v) is 4.60. The zero-order valence-corrected chi connectivity index (χ0v) is 11.3. The Hall–Kier alpha value is -2.31. The van der Waals surface area contributed by atoms with Crippen molar-refractivity contribution in [2.24, 2.45) is 0 Å². The minimum Gasteiger partial charge on any atom is -0.350 e. The van der Waals surface area contributed by atoms with Gasteiger partial charge in [-0.15, -0.1) is 0 Å². The van der Waals surface area contributed by atoms with Gasteiger partial charge in [-0.3, -0.25) is 9.48 Å². The fraction of sp³-hybridized carbons (Fsp3) is 0.286. The number of alkyl halides is 3. The molecule has 0 saturated heterocycles. The molecule has 0 aliphatic carbocycles. The number of aryl methyl sites for hydroxylation is 1. The molecule has 0 saturated carbocycles. The first-order chi connectivity index (χ1) is 9.86. The lowest BCUT2D eigenvalue weighted by Gasteiger charge is -2.08. The van der Waals surface area contributed by atoms with Gasteiger partial charge in [0.15, 0.2) is 5.69 Å². The molecule has 0 fully saturated rings. The molecule has 7 heteroatoms. The van der Waals surface area contributed by atoms with E-state index in [1.54, 1.807) is 0 Å². The van der Waals surface area contributed by atoms with Crippen LogP contribution in [-0.2, 0) is 24.1 Å². The van der Waals surface area contributed by atoms with Gasteiger partial charge in [-0.05, 0) is 24.1 Å². The first-order valence-electron chi connectivity index (χ1n) is 6.28. The van der Waals surface area contributed by atoms with E-state index in [4.69, 9.17) is 0 Å². The summed E-state index contributed by atoms with van der Waals surface area (Å²) in [5, 5.41) is 5.98. The van der Waals surface area contributed by atoms with Gasteiger partial charge < -0.3 is 5.32 Å². The van der Waals surface area contributed by atoms with E-state index in [0.29, 0.717) is 6.54 Å². The molecule has 4 nitrogen and oxygen atoms in total. The maximum atomic E-state index is 12.4. The molecule has 112 valence electrons. The van der Waals surface area contributed by atoms with Crippen LogP contribution >= 0.6 is 0 Å². The summed E-state index contributed by atoms with van der Waals surface area (Å²) in [4.78, 5) is 11.7. The van der Waals surface area contributed by atoms with Crippen molar-refractivity contribution in [3.63, 3.8) is 0 Å². The Morgan fingerprint density at radius 2 is 2.00 bits per heavy atom. The fourth-order valence-corrected chi connectivity index (χ4v) is 1.81. The Labute approximate surface area is 119 Å². The van der Waals surface area contributed by atoms with Gasteiger partial charge in [-0.1, -0.05) is 24.3 Å². The molecule has 0 unspecified atom stereocenters. The first-order valence-corrected chi connectivity index (χ1v) is 6.28. The molecule has 1 aromatic heterocycles. The Morgan fingerprint density at radius 1 is 1.29 bits per heavy atom. The van der Waals surface area contributed by atoms with Crippen molar-refractivity contribution in [2.45, 2.75) is 26.2 Å². The number of benzene rings is 1. The summed E-state index contributed by atoms with van der Waals surface area (Å²) in [6.45, 7) is 2.01. The van der Waals surface area contributed by atoms with Crippen LogP contribution in [0.4, 0.5) is 13.2 Å². The quantitative estimate of drug-likeness (QED) is 0.942. The van der Waals surface area contributed by atoms with Gasteiger partial charge in [0.25, 0.3) is 0 Å². The zero-order valence-electron chi connectivity index (χ0n) is 11.3. The molecular weight excluding hydrogens is 283 g/mol. The van der Waals surface area contributed by atoms with E-state index < -0.39 is 17.8 Å². The highest BCUT2D eigenvalue weighted by atomic mass is 19.4. The summed E-state index contributed by atoms with van der Waals surface area (Å²) in [6, 6.07) is 8.39. The summed E-state index contributed by atoms with van der Waals surface area (Å²) < 4.78 is 38.1. The van der Waals surface area contributed by atoms with Gasteiger partial charge in [-0.25, -0.2) is 0 Å². The van der Waals surface area contributed by atoms with Gasteiger partial charge >= 0.3 is 6.18 Å². The molecule has 0 spiro atoms. The third kappa shape index (κ3) is 4.08. The summed E-state index contributed by atoms with van der Waals surface area (Å²) >= 11 is 0. The predicted molar refractivity (Wildman–Crippen MR) is 70.3 cm³/mol. The van der Waals surface area contributed by atoms with Crippen molar-refractivity contribution in [3.05, 3.63) is 53.3 Å². The molecule has 1 amide bonds. The largest absolute Gasteiger partial charge is 0.435 e. The van der Waals surface area contributed by atoms with Gasteiger partial charge in [0, 0.05) is 12.7 Å². The number of nitrogens with one attached hydrogen (secondary N) is 1. The van der Waals surface area contributed by atoms with E-state index in [-0.39, 0.29) is 6.54 Å². The molecule has 0 aliphatic rings. The Kier molecular flexibility index (Phi) is 4.30. The topological polar surface area (TPSA) is 46.9 Å². The molecular formula is C14H14F3N3O. The highest BCUT2D eigenvalue weighted by Gasteiger charge is 2.33. The summed E-state index contributed by atoms with van der Waals surface area (Å²) in [5.74, 6) is -0.393. The number of carbonyl (C=O) groups is 1. The molecule has 0 atom stereocenters. The van der Waals surface area contributed by atoms with Gasteiger partial charge in [-0.2, -0.15) is 18.3 Å². The Balaban J connectivity index is 1.90. The van der Waals surface area contributed by atoms with Crippen molar-refractivity contribution < 1.29 is 18.0 Å². The third-order valence-corrected chi connectivity index (χ3v) is 2.97. The normalized spacial score (nSPS) is 11.4. The molecule has 1 aromatic carbocycles. The predicted octanol–water partition coefficient (Wildman–Crippen LogP) is 2.53. The lowest BCUT2D eigenvalue weighted by Crippen LogP contribution is -2.27. The van der Waals surface area contributed by atoms with E-state index in [1.165, 1.54) is 0 Å². The second kappa shape index (κ2) is 5.99. The van der Waals surface area contributed by atoms with E-state index >= 15 is 0 Å². The van der Waals surface area contributed by atoms with Crippen LogP contribution in [0.15, 0.2) is 36.5 Å². The van der Waals surface area contributed by atoms with E-state index in [9.17, 15) is 18.0 Å². The van der Waals surface area contributed by atoms with Gasteiger partial charge in [0.1, 0.15) is 6.54 Å². The van der Waals surface area contributed by atoms with Crippen LogP contribution < -0.4 is 5.32 Å². The molecule has 0 bridgehead atoms. The molecule has 1 heterocycles. The van der Waals surface area contributed by atoms with Crippen molar-refractivity contribution >= 4 is 5.91 Å². The van der Waals surface area contributed by atoms with E-state index in [0.717, 1.165) is 28.1 Å². The Bertz CT molecular complexity index is 634. The summed E-state index contributed by atoms with van der Waals surface area (Å²) in [7, 11) is 0. The van der Waals surface area contributed by atoms with Crippen LogP contribution in [0.2, 0.25) is 0 Å². The summed E-state index contributed by atoms with van der Waals surface area (Å²) in [6.07, 6.45) is -3.36. The third-order valence-electron chi connectivity index (χ3n) is 2.97. The maximum absolute atomic E-state index is 12.4. The smallest absolute Gasteiger partial charge is 0.350 e. The highest BCUT2D eigenvalue weighted by molar-refractivity contribution is 5.75. The lowest BCUT2D eigenvalue weighted by molar-refractivity contribution is -0.141. The minimum absolute atomic E-state index is 0.248. The molecule has 21 heavy (non-hydrogen) atoms.